The van der Waals surface area contributed by atoms with Gasteiger partial charge >= 0.3 is 0 Å². The summed E-state index contributed by atoms with van der Waals surface area (Å²) in [4.78, 5) is 45.6. The molecule has 9 heteroatoms. The van der Waals surface area contributed by atoms with Crippen LogP contribution in [0.1, 0.15) is 44.6 Å². The van der Waals surface area contributed by atoms with Gasteiger partial charge in [0.2, 0.25) is 0 Å². The predicted octanol–water partition coefficient (Wildman–Crippen LogP) is 5.33. The molecule has 1 aliphatic rings. The topological polar surface area (TPSA) is 126 Å². The summed E-state index contributed by atoms with van der Waals surface area (Å²) in [5.41, 5.74) is 2.53. The van der Waals surface area contributed by atoms with Gasteiger partial charge in [0.25, 0.3) is 11.1 Å². The molecule has 6 aromatic rings. The molecule has 0 saturated heterocycles. The molecule has 0 atom stereocenters. The van der Waals surface area contributed by atoms with E-state index in [9.17, 15) is 14.4 Å². The molecular formula is C29H26N4O5. The molecule has 0 amide bonds. The third kappa shape index (κ3) is 3.42. The molecule has 3 N–H and O–H groups in total. The van der Waals surface area contributed by atoms with E-state index in [-0.39, 0.29) is 22.6 Å². The number of hydrogen-bond donors (Lipinski definition) is 3. The van der Waals surface area contributed by atoms with E-state index < -0.39 is 0 Å². The smallest absolute Gasteiger partial charge is 0.274 e. The van der Waals surface area contributed by atoms with Gasteiger partial charge in [0.1, 0.15) is 17.0 Å². The van der Waals surface area contributed by atoms with Crippen LogP contribution in [0.2, 0.25) is 0 Å². The predicted molar refractivity (Wildman–Crippen MR) is 147 cm³/mol. The first-order chi connectivity index (χ1) is 18.5. The summed E-state index contributed by atoms with van der Waals surface area (Å²) in [6.07, 6.45) is 6.48. The molecule has 2 aromatic carbocycles. The number of hydrogen-bond acceptors (Lipinski definition) is 5. The summed E-state index contributed by atoms with van der Waals surface area (Å²) in [6.45, 7) is 0. The highest BCUT2D eigenvalue weighted by atomic mass is 16.5. The van der Waals surface area contributed by atoms with E-state index in [1.807, 2.05) is 16.8 Å². The van der Waals surface area contributed by atoms with Crippen LogP contribution in [0.4, 0.5) is 0 Å². The Morgan fingerprint density at radius 1 is 0.921 bits per heavy atom. The third-order valence-electron chi connectivity index (χ3n) is 7.82. The number of aromatic nitrogens is 4. The molecule has 0 unspecified atom stereocenters. The Hall–Kier alpha value is -4.53. The van der Waals surface area contributed by atoms with E-state index in [4.69, 9.17) is 9.15 Å². The Morgan fingerprint density at radius 2 is 1.74 bits per heavy atom. The lowest BCUT2D eigenvalue weighted by Gasteiger charge is -2.17. The van der Waals surface area contributed by atoms with Gasteiger partial charge in [-0.3, -0.25) is 24.2 Å². The Bertz CT molecular complexity index is 2050. The number of fused-ring (bicyclic) bond motifs is 5. The minimum Gasteiger partial charge on any atom is -0.497 e. The fraction of sp³-hybridized carbons (Fsp3) is 0.276. The molecule has 4 heterocycles. The van der Waals surface area contributed by atoms with E-state index in [1.54, 1.807) is 25.3 Å². The Labute approximate surface area is 215 Å². The van der Waals surface area contributed by atoms with Gasteiger partial charge in [0.05, 0.1) is 35.1 Å². The van der Waals surface area contributed by atoms with E-state index >= 15 is 0 Å². The zero-order valence-corrected chi connectivity index (χ0v) is 20.8. The lowest BCUT2D eigenvalue weighted by molar-refractivity contribution is 0.413. The van der Waals surface area contributed by atoms with Crippen molar-refractivity contribution in [2.24, 2.45) is 0 Å². The molecule has 0 spiro atoms. The van der Waals surface area contributed by atoms with Gasteiger partial charge in [-0.05, 0) is 48.6 Å². The molecule has 1 aliphatic carbocycles. The number of furan rings is 1. The van der Waals surface area contributed by atoms with Gasteiger partial charge in [-0.25, -0.2) is 0 Å². The number of methoxy groups -OCH3 is 1. The van der Waals surface area contributed by atoms with Crippen molar-refractivity contribution in [1.82, 2.24) is 19.7 Å². The van der Waals surface area contributed by atoms with Crippen molar-refractivity contribution in [3.8, 4) is 16.9 Å². The van der Waals surface area contributed by atoms with Crippen molar-refractivity contribution in [1.29, 1.82) is 0 Å². The molecule has 7 rings (SSSR count). The highest BCUT2D eigenvalue weighted by molar-refractivity contribution is 6.14. The van der Waals surface area contributed by atoms with Crippen molar-refractivity contribution in [2.75, 3.05) is 7.11 Å². The fourth-order valence-corrected chi connectivity index (χ4v) is 5.95. The lowest BCUT2D eigenvalue weighted by Crippen LogP contribution is -2.13. The van der Waals surface area contributed by atoms with Crippen molar-refractivity contribution in [3.05, 3.63) is 73.4 Å². The quantitative estimate of drug-likeness (QED) is 0.278. The van der Waals surface area contributed by atoms with Crippen LogP contribution < -0.4 is 21.3 Å². The minimum absolute atomic E-state index is 0.137. The van der Waals surface area contributed by atoms with Crippen molar-refractivity contribution in [2.45, 2.75) is 44.6 Å². The number of ether oxygens (including phenoxy) is 1. The van der Waals surface area contributed by atoms with Crippen LogP contribution in [0.5, 0.6) is 5.75 Å². The fourth-order valence-electron chi connectivity index (χ4n) is 5.95. The van der Waals surface area contributed by atoms with Crippen LogP contribution in [0, 0.1) is 0 Å². The molecular weight excluding hydrogens is 484 g/mol. The van der Waals surface area contributed by atoms with E-state index in [0.29, 0.717) is 55.5 Å². The van der Waals surface area contributed by atoms with Gasteiger partial charge < -0.3 is 19.1 Å². The Kier molecular flexibility index (Phi) is 5.07. The second-order valence-corrected chi connectivity index (χ2v) is 10.1. The number of nitrogens with zero attached hydrogens (tertiary/aromatic N) is 1. The molecule has 1 fully saturated rings. The number of benzene rings is 2. The van der Waals surface area contributed by atoms with Gasteiger partial charge in [0.15, 0.2) is 11.0 Å². The van der Waals surface area contributed by atoms with Crippen molar-refractivity contribution < 1.29 is 9.15 Å². The molecule has 1 saturated carbocycles. The minimum atomic E-state index is -0.355. The van der Waals surface area contributed by atoms with Gasteiger partial charge in [-0.2, -0.15) is 0 Å². The first-order valence-corrected chi connectivity index (χ1v) is 13.0. The molecule has 9 nitrogen and oxygen atoms in total. The van der Waals surface area contributed by atoms with E-state index in [2.05, 4.69) is 15.1 Å². The van der Waals surface area contributed by atoms with Gasteiger partial charge in [-0.1, -0.05) is 25.7 Å². The summed E-state index contributed by atoms with van der Waals surface area (Å²) in [7, 11) is 1.57. The van der Waals surface area contributed by atoms with Crippen LogP contribution in [-0.4, -0.2) is 26.9 Å². The van der Waals surface area contributed by atoms with Crippen molar-refractivity contribution in [3.63, 3.8) is 0 Å². The van der Waals surface area contributed by atoms with Crippen LogP contribution in [0.3, 0.4) is 0 Å². The van der Waals surface area contributed by atoms with Crippen LogP contribution >= 0.6 is 0 Å². The second-order valence-electron chi connectivity index (χ2n) is 10.1. The summed E-state index contributed by atoms with van der Waals surface area (Å²) < 4.78 is 13.4. The monoisotopic (exact) mass is 510 g/mol. The van der Waals surface area contributed by atoms with Crippen LogP contribution in [0.25, 0.3) is 55.1 Å². The van der Waals surface area contributed by atoms with Crippen LogP contribution in [0.15, 0.2) is 61.3 Å². The number of aromatic amines is 3. The maximum atomic E-state index is 13.6. The van der Waals surface area contributed by atoms with Crippen LogP contribution in [-0.2, 0) is 0 Å². The first-order valence-electron chi connectivity index (χ1n) is 13.0. The Balaban J connectivity index is 1.61. The normalized spacial score (nSPS) is 15.1. The summed E-state index contributed by atoms with van der Waals surface area (Å²) >= 11 is 0. The van der Waals surface area contributed by atoms with Gasteiger partial charge in [-0.15, -0.1) is 0 Å². The summed E-state index contributed by atoms with van der Waals surface area (Å²) in [5.74, 6) is 0.627. The molecule has 0 bridgehead atoms. The molecule has 0 aliphatic heterocycles. The number of H-pyrrole nitrogens is 3. The lowest BCUT2D eigenvalue weighted by atomic mass is 10.0. The zero-order chi connectivity index (χ0) is 26.0. The van der Waals surface area contributed by atoms with Gasteiger partial charge in [0, 0.05) is 23.1 Å². The SMILES string of the molecule is COc1ccc2cc(-c3c4oc5cc(=O)ccc5c4[nH]c4c3c(=O)[nH]n4C3CCCCCC3)c(=O)[nH]c2c1. The van der Waals surface area contributed by atoms with Crippen molar-refractivity contribution >= 4 is 44.0 Å². The zero-order valence-electron chi connectivity index (χ0n) is 20.8. The summed E-state index contributed by atoms with van der Waals surface area (Å²) in [5, 5.41) is 4.92. The van der Waals surface area contributed by atoms with E-state index in [0.717, 1.165) is 31.1 Å². The van der Waals surface area contributed by atoms with E-state index in [1.165, 1.54) is 25.0 Å². The maximum absolute atomic E-state index is 13.6. The molecule has 192 valence electrons. The summed E-state index contributed by atoms with van der Waals surface area (Å²) in [6, 6.07) is 12.0. The second kappa shape index (κ2) is 8.51. The standard InChI is InChI=1S/C29H26N4O5/c1-37-18-10-8-15-12-20(28(35)30-21(15)14-18)23-24-27(33(32-29(24)36)16-6-4-2-3-5-7-16)31-25-19-11-9-17(34)13-22(19)38-26(23)25/h8-14,16,31H,2-7H2,1H3,(H,30,35)(H,32,36). The molecule has 0 radical (unpaired) electrons. The number of pyridine rings is 2. The number of rotatable bonds is 3. The highest BCUT2D eigenvalue weighted by Gasteiger charge is 2.26. The highest BCUT2D eigenvalue weighted by Crippen LogP contribution is 2.39. The number of nitrogens with one attached hydrogen (secondary N) is 3. The average molecular weight is 511 g/mol. The average Bonchev–Trinajstić information content (AvgIpc) is 3.29. The maximum Gasteiger partial charge on any atom is 0.274 e. The third-order valence-corrected chi connectivity index (χ3v) is 7.82. The molecule has 4 aromatic heterocycles. The first kappa shape index (κ1) is 22.7. The Morgan fingerprint density at radius 3 is 2.53 bits per heavy atom. The molecule has 38 heavy (non-hydrogen) atoms. The largest absolute Gasteiger partial charge is 0.497 e.